The fourth-order valence-corrected chi connectivity index (χ4v) is 3.30. The van der Waals surface area contributed by atoms with Gasteiger partial charge in [-0.3, -0.25) is 4.79 Å². The standard InChI is InChI=1S/C24H25NO3/c1-17-14-22(27-2)23(28-3)16-21(17)25-24(26)15-20(18-10-6-4-7-11-18)19-12-8-5-9-13-19/h4-14,16,20H,15H2,1-3H3,(H,25,26). The number of hydrogen-bond acceptors (Lipinski definition) is 3. The van der Waals surface area contributed by atoms with Crippen molar-refractivity contribution in [1.82, 2.24) is 0 Å². The van der Waals surface area contributed by atoms with E-state index in [1.54, 1.807) is 20.3 Å². The summed E-state index contributed by atoms with van der Waals surface area (Å²) in [6, 6.07) is 23.9. The van der Waals surface area contributed by atoms with Crippen molar-refractivity contribution in [1.29, 1.82) is 0 Å². The van der Waals surface area contributed by atoms with E-state index in [4.69, 9.17) is 9.47 Å². The van der Waals surface area contributed by atoms with Crippen LogP contribution in [0.1, 0.15) is 29.0 Å². The molecule has 0 bridgehead atoms. The van der Waals surface area contributed by atoms with Crippen LogP contribution in [0.4, 0.5) is 5.69 Å². The number of methoxy groups -OCH3 is 2. The van der Waals surface area contributed by atoms with Crippen molar-refractivity contribution in [2.45, 2.75) is 19.3 Å². The van der Waals surface area contributed by atoms with Crippen LogP contribution in [0.25, 0.3) is 0 Å². The normalized spacial score (nSPS) is 10.6. The van der Waals surface area contributed by atoms with Crippen molar-refractivity contribution in [3.63, 3.8) is 0 Å². The van der Waals surface area contributed by atoms with Crippen LogP contribution in [0.15, 0.2) is 72.8 Å². The molecule has 0 aliphatic heterocycles. The zero-order valence-electron chi connectivity index (χ0n) is 16.4. The molecule has 3 rings (SSSR count). The van der Waals surface area contributed by atoms with E-state index >= 15 is 0 Å². The second kappa shape index (κ2) is 9.09. The summed E-state index contributed by atoms with van der Waals surface area (Å²) in [6.07, 6.45) is 0.349. The number of ether oxygens (including phenoxy) is 2. The first kappa shape index (κ1) is 19.5. The van der Waals surface area contributed by atoms with Crippen LogP contribution < -0.4 is 14.8 Å². The molecule has 0 unspecified atom stereocenters. The minimum Gasteiger partial charge on any atom is -0.493 e. The number of carbonyl (C=O) groups excluding carboxylic acids is 1. The maximum Gasteiger partial charge on any atom is 0.225 e. The minimum absolute atomic E-state index is 0.0112. The SMILES string of the molecule is COc1cc(C)c(NC(=O)CC(c2ccccc2)c2ccccc2)cc1OC. The van der Waals surface area contributed by atoms with Crippen molar-refractivity contribution in [3.8, 4) is 11.5 Å². The second-order valence-electron chi connectivity index (χ2n) is 6.65. The molecule has 0 radical (unpaired) electrons. The predicted octanol–water partition coefficient (Wildman–Crippen LogP) is 5.17. The van der Waals surface area contributed by atoms with E-state index in [1.807, 2.05) is 49.4 Å². The molecule has 1 amide bonds. The topological polar surface area (TPSA) is 47.6 Å². The van der Waals surface area contributed by atoms with Crippen molar-refractivity contribution < 1.29 is 14.3 Å². The van der Waals surface area contributed by atoms with Gasteiger partial charge in [0.25, 0.3) is 0 Å². The molecule has 3 aromatic rings. The average Bonchev–Trinajstić information content (AvgIpc) is 2.74. The van der Waals surface area contributed by atoms with Crippen LogP contribution in [0.3, 0.4) is 0 Å². The van der Waals surface area contributed by atoms with E-state index in [9.17, 15) is 4.79 Å². The Bertz CT molecular complexity index is 884. The number of amides is 1. The molecule has 0 aliphatic carbocycles. The van der Waals surface area contributed by atoms with E-state index in [0.717, 1.165) is 22.4 Å². The number of hydrogen-bond donors (Lipinski definition) is 1. The smallest absolute Gasteiger partial charge is 0.225 e. The highest BCUT2D eigenvalue weighted by atomic mass is 16.5. The first-order valence-electron chi connectivity index (χ1n) is 9.24. The Morgan fingerprint density at radius 2 is 1.36 bits per heavy atom. The highest BCUT2D eigenvalue weighted by Crippen LogP contribution is 2.34. The van der Waals surface area contributed by atoms with Gasteiger partial charge in [-0.15, -0.1) is 0 Å². The highest BCUT2D eigenvalue weighted by molar-refractivity contribution is 5.92. The molecule has 0 heterocycles. The molecule has 144 valence electrons. The van der Waals surface area contributed by atoms with Gasteiger partial charge in [0.05, 0.1) is 14.2 Å². The number of aryl methyl sites for hydroxylation is 1. The van der Waals surface area contributed by atoms with Crippen LogP contribution >= 0.6 is 0 Å². The van der Waals surface area contributed by atoms with E-state index in [2.05, 4.69) is 29.6 Å². The molecule has 3 aromatic carbocycles. The fourth-order valence-electron chi connectivity index (χ4n) is 3.30. The van der Waals surface area contributed by atoms with Gasteiger partial charge in [-0.1, -0.05) is 60.7 Å². The largest absolute Gasteiger partial charge is 0.493 e. The van der Waals surface area contributed by atoms with Gasteiger partial charge in [-0.25, -0.2) is 0 Å². The molecular weight excluding hydrogens is 350 g/mol. The van der Waals surface area contributed by atoms with Gasteiger partial charge >= 0.3 is 0 Å². The summed E-state index contributed by atoms with van der Waals surface area (Å²) in [7, 11) is 3.18. The van der Waals surface area contributed by atoms with Gasteiger partial charge in [-0.2, -0.15) is 0 Å². The molecule has 0 saturated carbocycles. The third-order valence-electron chi connectivity index (χ3n) is 4.80. The van der Waals surface area contributed by atoms with Gasteiger partial charge in [0.2, 0.25) is 5.91 Å². The van der Waals surface area contributed by atoms with Crippen LogP contribution in [-0.4, -0.2) is 20.1 Å². The molecule has 0 saturated heterocycles. The monoisotopic (exact) mass is 375 g/mol. The van der Waals surface area contributed by atoms with Crippen molar-refractivity contribution in [2.75, 3.05) is 19.5 Å². The van der Waals surface area contributed by atoms with Crippen LogP contribution in [0.2, 0.25) is 0 Å². The van der Waals surface area contributed by atoms with E-state index in [1.165, 1.54) is 0 Å². The molecule has 0 atom stereocenters. The zero-order valence-corrected chi connectivity index (χ0v) is 16.4. The summed E-state index contributed by atoms with van der Waals surface area (Å²) in [4.78, 5) is 12.9. The maximum absolute atomic E-state index is 12.9. The summed E-state index contributed by atoms with van der Waals surface area (Å²) < 4.78 is 10.7. The fraction of sp³-hybridized carbons (Fsp3) is 0.208. The molecule has 0 spiro atoms. The molecule has 0 aromatic heterocycles. The Morgan fingerprint density at radius 3 is 1.86 bits per heavy atom. The Morgan fingerprint density at radius 1 is 0.857 bits per heavy atom. The molecule has 28 heavy (non-hydrogen) atoms. The molecule has 4 nitrogen and oxygen atoms in total. The lowest BCUT2D eigenvalue weighted by Crippen LogP contribution is -2.17. The summed E-state index contributed by atoms with van der Waals surface area (Å²) >= 11 is 0. The van der Waals surface area contributed by atoms with E-state index in [-0.39, 0.29) is 11.8 Å². The highest BCUT2D eigenvalue weighted by Gasteiger charge is 2.19. The number of rotatable bonds is 7. The van der Waals surface area contributed by atoms with Crippen molar-refractivity contribution in [2.24, 2.45) is 0 Å². The summed E-state index contributed by atoms with van der Waals surface area (Å²) in [5.74, 6) is 1.17. The Kier molecular flexibility index (Phi) is 6.33. The predicted molar refractivity (Wildman–Crippen MR) is 112 cm³/mol. The first-order chi connectivity index (χ1) is 13.6. The molecular formula is C24H25NO3. The van der Waals surface area contributed by atoms with Crippen LogP contribution in [-0.2, 0) is 4.79 Å². The first-order valence-corrected chi connectivity index (χ1v) is 9.24. The second-order valence-corrected chi connectivity index (χ2v) is 6.65. The molecule has 4 heteroatoms. The van der Waals surface area contributed by atoms with Gasteiger partial charge in [0, 0.05) is 24.1 Å². The van der Waals surface area contributed by atoms with Gasteiger partial charge in [-0.05, 0) is 29.7 Å². The van der Waals surface area contributed by atoms with Crippen molar-refractivity contribution >= 4 is 11.6 Å². The number of carbonyl (C=O) groups is 1. The van der Waals surface area contributed by atoms with E-state index in [0.29, 0.717) is 17.9 Å². The lowest BCUT2D eigenvalue weighted by Gasteiger charge is -2.19. The number of nitrogens with one attached hydrogen (secondary N) is 1. The Hall–Kier alpha value is -3.27. The van der Waals surface area contributed by atoms with Gasteiger partial charge in [0.15, 0.2) is 11.5 Å². The molecule has 1 N–H and O–H groups in total. The average molecular weight is 375 g/mol. The third-order valence-corrected chi connectivity index (χ3v) is 4.80. The maximum atomic E-state index is 12.9. The number of benzene rings is 3. The summed E-state index contributed by atoms with van der Waals surface area (Å²) in [5.41, 5.74) is 3.88. The van der Waals surface area contributed by atoms with Gasteiger partial charge < -0.3 is 14.8 Å². The zero-order chi connectivity index (χ0) is 19.9. The minimum atomic E-state index is -0.0481. The lowest BCUT2D eigenvalue weighted by atomic mass is 9.88. The van der Waals surface area contributed by atoms with Gasteiger partial charge in [0.1, 0.15) is 0 Å². The quantitative estimate of drug-likeness (QED) is 0.619. The Balaban J connectivity index is 1.84. The third kappa shape index (κ3) is 4.52. The number of anilines is 1. The molecule has 0 aliphatic rings. The summed E-state index contributed by atoms with van der Waals surface area (Å²) in [5, 5.41) is 3.03. The molecule has 0 fully saturated rings. The van der Waals surface area contributed by atoms with Crippen LogP contribution in [0, 0.1) is 6.92 Å². The Labute approximate surface area is 166 Å². The van der Waals surface area contributed by atoms with Crippen molar-refractivity contribution in [3.05, 3.63) is 89.5 Å². The lowest BCUT2D eigenvalue weighted by molar-refractivity contribution is -0.116. The van der Waals surface area contributed by atoms with Crippen LogP contribution in [0.5, 0.6) is 11.5 Å². The summed E-state index contributed by atoms with van der Waals surface area (Å²) in [6.45, 7) is 1.93. The van der Waals surface area contributed by atoms with E-state index < -0.39 is 0 Å².